The molecule has 2 rings (SSSR count). The van der Waals surface area contributed by atoms with Crippen LogP contribution in [0.3, 0.4) is 0 Å². The molecule has 1 aliphatic carbocycles. The van der Waals surface area contributed by atoms with Crippen LogP contribution in [0.4, 0.5) is 0 Å². The number of hydrogen-bond donors (Lipinski definition) is 2. The molecule has 17 heavy (non-hydrogen) atoms. The number of ether oxygens (including phenoxy) is 1. The first kappa shape index (κ1) is 12.8. The zero-order valence-corrected chi connectivity index (χ0v) is 10.6. The highest BCUT2D eigenvalue weighted by molar-refractivity contribution is 5.83. The van der Waals surface area contributed by atoms with Crippen LogP contribution in [0.5, 0.6) is 0 Å². The summed E-state index contributed by atoms with van der Waals surface area (Å²) >= 11 is 0. The van der Waals surface area contributed by atoms with E-state index in [4.69, 9.17) is 4.74 Å². The van der Waals surface area contributed by atoms with E-state index in [-0.39, 0.29) is 23.5 Å². The fourth-order valence-electron chi connectivity index (χ4n) is 2.52. The average molecular weight is 241 g/mol. The van der Waals surface area contributed by atoms with Crippen LogP contribution in [-0.2, 0) is 9.53 Å². The van der Waals surface area contributed by atoms with Crippen LogP contribution in [0.2, 0.25) is 0 Å². The molecular weight excluding hydrogens is 218 g/mol. The van der Waals surface area contributed by atoms with Gasteiger partial charge in [-0.3, -0.25) is 4.79 Å². The Morgan fingerprint density at radius 1 is 1.24 bits per heavy atom. The van der Waals surface area contributed by atoms with Crippen molar-refractivity contribution in [3.05, 3.63) is 0 Å². The van der Waals surface area contributed by atoms with Gasteiger partial charge in [-0.15, -0.1) is 0 Å². The van der Waals surface area contributed by atoms with E-state index in [0.29, 0.717) is 13.2 Å². The van der Waals surface area contributed by atoms with Crippen LogP contribution >= 0.6 is 0 Å². The van der Waals surface area contributed by atoms with Gasteiger partial charge in [0.1, 0.15) is 0 Å². The Morgan fingerprint density at radius 2 is 1.88 bits per heavy atom. The summed E-state index contributed by atoms with van der Waals surface area (Å²) in [5.74, 6) is 0.0355. The van der Waals surface area contributed by atoms with Crippen molar-refractivity contribution < 1.29 is 14.6 Å². The van der Waals surface area contributed by atoms with E-state index in [9.17, 15) is 9.90 Å². The molecule has 1 aliphatic heterocycles. The Morgan fingerprint density at radius 3 is 2.47 bits per heavy atom. The summed E-state index contributed by atoms with van der Waals surface area (Å²) in [4.78, 5) is 12.1. The third-order valence-corrected chi connectivity index (χ3v) is 3.94. The number of nitrogens with one attached hydrogen (secondary N) is 1. The van der Waals surface area contributed by atoms with Gasteiger partial charge in [-0.1, -0.05) is 25.7 Å². The second kappa shape index (κ2) is 5.36. The lowest BCUT2D eigenvalue weighted by Gasteiger charge is -2.38. The number of carbonyl (C=O) groups excluding carboxylic acids is 1. The van der Waals surface area contributed by atoms with Gasteiger partial charge in [-0.2, -0.15) is 0 Å². The molecule has 0 bridgehead atoms. The van der Waals surface area contributed by atoms with E-state index >= 15 is 0 Å². The van der Waals surface area contributed by atoms with Crippen LogP contribution in [0, 0.1) is 5.41 Å². The van der Waals surface area contributed by atoms with E-state index in [1.807, 2.05) is 6.92 Å². The fourth-order valence-corrected chi connectivity index (χ4v) is 2.52. The van der Waals surface area contributed by atoms with Crippen LogP contribution < -0.4 is 5.32 Å². The van der Waals surface area contributed by atoms with Crippen LogP contribution in [-0.4, -0.2) is 36.4 Å². The number of carbonyl (C=O) groups is 1. The van der Waals surface area contributed by atoms with Crippen LogP contribution in [0.25, 0.3) is 0 Å². The molecule has 0 unspecified atom stereocenters. The van der Waals surface area contributed by atoms with Crippen molar-refractivity contribution in [2.45, 2.75) is 57.6 Å². The minimum Gasteiger partial charge on any atom is -0.391 e. The molecule has 0 aromatic heterocycles. The van der Waals surface area contributed by atoms with Gasteiger partial charge >= 0.3 is 0 Å². The van der Waals surface area contributed by atoms with E-state index in [1.54, 1.807) is 0 Å². The summed E-state index contributed by atoms with van der Waals surface area (Å²) in [6.07, 6.45) is 5.87. The molecule has 2 aliphatic rings. The summed E-state index contributed by atoms with van der Waals surface area (Å²) in [6, 6.07) is -0.0692. The van der Waals surface area contributed by atoms with Gasteiger partial charge < -0.3 is 15.2 Å². The van der Waals surface area contributed by atoms with Gasteiger partial charge in [-0.25, -0.2) is 0 Å². The lowest BCUT2D eigenvalue weighted by molar-refractivity contribution is -0.159. The highest BCUT2D eigenvalue weighted by Crippen LogP contribution is 2.27. The van der Waals surface area contributed by atoms with E-state index in [1.165, 1.54) is 12.8 Å². The Labute approximate surface area is 103 Å². The minimum atomic E-state index is -0.385. The molecule has 0 aromatic carbocycles. The largest absolute Gasteiger partial charge is 0.391 e. The Balaban J connectivity index is 1.88. The van der Waals surface area contributed by atoms with E-state index in [2.05, 4.69) is 5.32 Å². The average Bonchev–Trinajstić information content (AvgIpc) is 2.25. The normalized spacial score (nSPS) is 33.1. The summed E-state index contributed by atoms with van der Waals surface area (Å²) in [7, 11) is 0. The lowest BCUT2D eigenvalue weighted by atomic mass is 9.86. The number of aliphatic hydroxyl groups excluding tert-OH is 1. The molecule has 1 saturated heterocycles. The van der Waals surface area contributed by atoms with Gasteiger partial charge in [0.05, 0.1) is 30.8 Å². The van der Waals surface area contributed by atoms with Crippen molar-refractivity contribution in [2.75, 3.05) is 13.2 Å². The maximum absolute atomic E-state index is 12.1. The summed E-state index contributed by atoms with van der Waals surface area (Å²) in [5.41, 5.74) is -0.373. The third-order valence-electron chi connectivity index (χ3n) is 3.94. The van der Waals surface area contributed by atoms with Crippen LogP contribution in [0.1, 0.15) is 45.4 Å². The summed E-state index contributed by atoms with van der Waals surface area (Å²) < 4.78 is 5.10. The molecule has 2 fully saturated rings. The maximum Gasteiger partial charge on any atom is 0.230 e. The first-order valence-corrected chi connectivity index (χ1v) is 6.69. The summed E-state index contributed by atoms with van der Waals surface area (Å²) in [6.45, 7) is 2.92. The molecule has 1 heterocycles. The second-order valence-corrected chi connectivity index (χ2v) is 5.69. The predicted octanol–water partition coefficient (Wildman–Crippen LogP) is 1.22. The topological polar surface area (TPSA) is 58.6 Å². The molecule has 98 valence electrons. The molecular formula is C13H23NO3. The molecule has 2 atom stereocenters. The third kappa shape index (κ3) is 2.99. The number of rotatable bonds is 2. The maximum atomic E-state index is 12.1. The molecule has 0 spiro atoms. The second-order valence-electron chi connectivity index (χ2n) is 5.69. The molecule has 4 heteroatoms. The van der Waals surface area contributed by atoms with Crippen molar-refractivity contribution in [1.82, 2.24) is 5.32 Å². The van der Waals surface area contributed by atoms with E-state index in [0.717, 1.165) is 25.7 Å². The molecule has 0 radical (unpaired) electrons. The van der Waals surface area contributed by atoms with Crippen molar-refractivity contribution >= 4 is 5.91 Å². The summed E-state index contributed by atoms with van der Waals surface area (Å²) in [5, 5.41) is 13.0. The van der Waals surface area contributed by atoms with Crippen molar-refractivity contribution in [1.29, 1.82) is 0 Å². The van der Waals surface area contributed by atoms with Gasteiger partial charge in [0.15, 0.2) is 0 Å². The highest BCUT2D eigenvalue weighted by Gasteiger charge is 2.42. The predicted molar refractivity (Wildman–Crippen MR) is 64.6 cm³/mol. The first-order valence-electron chi connectivity index (χ1n) is 6.69. The molecule has 2 N–H and O–H groups in total. The Kier molecular flexibility index (Phi) is 4.05. The van der Waals surface area contributed by atoms with Gasteiger partial charge in [0.25, 0.3) is 0 Å². The van der Waals surface area contributed by atoms with Gasteiger partial charge in [0, 0.05) is 0 Å². The first-order chi connectivity index (χ1) is 8.12. The fraction of sp³-hybridized carbons (Fsp3) is 0.923. The van der Waals surface area contributed by atoms with Crippen LogP contribution in [0.15, 0.2) is 0 Å². The Hall–Kier alpha value is -0.610. The number of hydrogen-bond acceptors (Lipinski definition) is 3. The van der Waals surface area contributed by atoms with Crippen molar-refractivity contribution in [2.24, 2.45) is 5.41 Å². The minimum absolute atomic E-state index is 0.0355. The molecule has 1 amide bonds. The monoisotopic (exact) mass is 241 g/mol. The lowest BCUT2D eigenvalue weighted by Crippen LogP contribution is -2.56. The van der Waals surface area contributed by atoms with Crippen molar-refractivity contribution in [3.63, 3.8) is 0 Å². The molecule has 4 nitrogen and oxygen atoms in total. The SMILES string of the molecule is CC1(C(=O)N[C@H]2CCCCCC[C@@H]2O)COC1. The standard InChI is InChI=1S/C13H23NO3/c1-13(8-17-9-13)12(16)14-10-6-4-2-3-5-7-11(10)15/h10-11,15H,2-9H2,1H3,(H,14,16)/t10-,11-/m0/s1. The zero-order chi connectivity index (χ0) is 12.3. The number of aliphatic hydroxyl groups is 1. The number of amides is 1. The van der Waals surface area contributed by atoms with Gasteiger partial charge in [0.2, 0.25) is 5.91 Å². The van der Waals surface area contributed by atoms with Gasteiger partial charge in [-0.05, 0) is 19.8 Å². The van der Waals surface area contributed by atoms with E-state index < -0.39 is 0 Å². The quantitative estimate of drug-likeness (QED) is 0.764. The molecule has 1 saturated carbocycles. The zero-order valence-electron chi connectivity index (χ0n) is 10.6. The highest BCUT2D eigenvalue weighted by atomic mass is 16.5. The smallest absolute Gasteiger partial charge is 0.230 e. The van der Waals surface area contributed by atoms with Crippen molar-refractivity contribution in [3.8, 4) is 0 Å². The Bertz CT molecular complexity index is 276. The molecule has 0 aromatic rings.